The highest BCUT2D eigenvalue weighted by atomic mass is 35.5. The van der Waals surface area contributed by atoms with Crippen molar-refractivity contribution in [2.45, 2.75) is 39.8 Å². The van der Waals surface area contributed by atoms with Gasteiger partial charge in [-0.15, -0.1) is 0 Å². The largest absolute Gasteiger partial charge is 0.389 e. The number of ketones is 1. The molecule has 0 bridgehead atoms. The van der Waals surface area contributed by atoms with Crippen LogP contribution in [0.3, 0.4) is 0 Å². The quantitative estimate of drug-likeness (QED) is 0.645. The standard InChI is InChI=1S/C21H23ClN2O2/c1-13(2)20(25)19-17-9-8-15(14-6-5-7-16(22)10-14)11-18(17)24(23-19)12-21(3,4)26/h5-11,13,26H,12H2,1-4H3. The zero-order valence-corrected chi connectivity index (χ0v) is 16.2. The smallest absolute Gasteiger partial charge is 0.186 e. The van der Waals surface area contributed by atoms with E-state index in [0.29, 0.717) is 17.3 Å². The van der Waals surface area contributed by atoms with Gasteiger partial charge in [-0.3, -0.25) is 9.48 Å². The van der Waals surface area contributed by atoms with Gasteiger partial charge in [-0.1, -0.05) is 43.6 Å². The van der Waals surface area contributed by atoms with Crippen molar-refractivity contribution in [2.24, 2.45) is 5.92 Å². The molecule has 0 saturated carbocycles. The maximum atomic E-state index is 12.6. The number of fused-ring (bicyclic) bond motifs is 1. The average molecular weight is 371 g/mol. The second kappa shape index (κ2) is 6.86. The number of rotatable bonds is 5. The van der Waals surface area contributed by atoms with Crippen molar-refractivity contribution in [1.29, 1.82) is 0 Å². The second-order valence-corrected chi connectivity index (χ2v) is 8.02. The predicted octanol–water partition coefficient (Wildman–Crippen LogP) is 4.97. The molecule has 0 radical (unpaired) electrons. The molecule has 0 amide bonds. The lowest BCUT2D eigenvalue weighted by Crippen LogP contribution is -2.26. The third kappa shape index (κ3) is 3.81. The van der Waals surface area contributed by atoms with Crippen LogP contribution in [0.15, 0.2) is 42.5 Å². The number of hydrogen-bond donors (Lipinski definition) is 1. The topological polar surface area (TPSA) is 55.1 Å². The summed E-state index contributed by atoms with van der Waals surface area (Å²) in [5.41, 5.74) is 2.32. The van der Waals surface area contributed by atoms with Crippen molar-refractivity contribution in [3.63, 3.8) is 0 Å². The first-order chi connectivity index (χ1) is 12.2. The van der Waals surface area contributed by atoms with Crippen LogP contribution in [-0.4, -0.2) is 26.3 Å². The summed E-state index contributed by atoms with van der Waals surface area (Å²) in [6.45, 7) is 7.48. The molecule has 0 saturated heterocycles. The highest BCUT2D eigenvalue weighted by Gasteiger charge is 2.23. The van der Waals surface area contributed by atoms with Crippen LogP contribution in [0.4, 0.5) is 0 Å². The number of nitrogens with zero attached hydrogens (tertiary/aromatic N) is 2. The van der Waals surface area contributed by atoms with Crippen molar-refractivity contribution >= 4 is 28.3 Å². The lowest BCUT2D eigenvalue weighted by Gasteiger charge is -2.17. The Kier molecular flexibility index (Phi) is 4.91. The zero-order chi connectivity index (χ0) is 19.1. The molecule has 136 valence electrons. The van der Waals surface area contributed by atoms with E-state index in [4.69, 9.17) is 11.6 Å². The average Bonchev–Trinajstić information content (AvgIpc) is 2.90. The zero-order valence-electron chi connectivity index (χ0n) is 15.5. The van der Waals surface area contributed by atoms with Crippen molar-refractivity contribution < 1.29 is 9.90 Å². The fraction of sp³-hybridized carbons (Fsp3) is 0.333. The second-order valence-electron chi connectivity index (χ2n) is 7.58. The minimum atomic E-state index is -0.941. The number of benzene rings is 2. The Morgan fingerprint density at radius 1 is 1.19 bits per heavy atom. The molecule has 3 rings (SSSR count). The number of carbonyl (C=O) groups is 1. The first-order valence-electron chi connectivity index (χ1n) is 8.69. The van der Waals surface area contributed by atoms with Gasteiger partial charge in [-0.2, -0.15) is 5.10 Å². The van der Waals surface area contributed by atoms with Gasteiger partial charge in [-0.25, -0.2) is 0 Å². The Morgan fingerprint density at radius 3 is 2.50 bits per heavy atom. The Hall–Kier alpha value is -2.17. The van der Waals surface area contributed by atoms with Crippen LogP contribution in [0.5, 0.6) is 0 Å². The molecule has 1 N–H and O–H groups in total. The summed E-state index contributed by atoms with van der Waals surface area (Å²) < 4.78 is 1.72. The summed E-state index contributed by atoms with van der Waals surface area (Å²) in [5.74, 6) is -0.142. The summed E-state index contributed by atoms with van der Waals surface area (Å²) in [5, 5.41) is 16.3. The van der Waals surface area contributed by atoms with E-state index in [0.717, 1.165) is 22.0 Å². The van der Waals surface area contributed by atoms with Crippen LogP contribution in [0.25, 0.3) is 22.0 Å². The summed E-state index contributed by atoms with van der Waals surface area (Å²) in [6.07, 6.45) is 0. The van der Waals surface area contributed by atoms with E-state index < -0.39 is 5.60 Å². The Labute approximate surface area is 158 Å². The van der Waals surface area contributed by atoms with Crippen LogP contribution in [0.2, 0.25) is 5.02 Å². The number of Topliss-reactive ketones (excluding diaryl/α,β-unsaturated/α-hetero) is 1. The van der Waals surface area contributed by atoms with Gasteiger partial charge in [0, 0.05) is 16.3 Å². The molecule has 0 aliphatic heterocycles. The fourth-order valence-electron chi connectivity index (χ4n) is 2.96. The summed E-state index contributed by atoms with van der Waals surface area (Å²) >= 11 is 6.12. The molecule has 3 aromatic rings. The maximum Gasteiger partial charge on any atom is 0.186 e. The van der Waals surface area contributed by atoms with Crippen molar-refractivity contribution in [3.8, 4) is 11.1 Å². The molecular formula is C21H23ClN2O2. The molecule has 0 aliphatic rings. The van der Waals surface area contributed by atoms with E-state index in [-0.39, 0.29) is 11.7 Å². The molecule has 5 heteroatoms. The van der Waals surface area contributed by atoms with Gasteiger partial charge in [0.05, 0.1) is 17.7 Å². The van der Waals surface area contributed by atoms with Crippen molar-refractivity contribution in [1.82, 2.24) is 9.78 Å². The maximum absolute atomic E-state index is 12.6. The van der Waals surface area contributed by atoms with E-state index in [1.54, 1.807) is 18.5 Å². The van der Waals surface area contributed by atoms with Gasteiger partial charge in [0.2, 0.25) is 0 Å². The van der Waals surface area contributed by atoms with E-state index in [2.05, 4.69) is 5.10 Å². The lowest BCUT2D eigenvalue weighted by atomic mass is 10.00. The van der Waals surface area contributed by atoms with E-state index in [9.17, 15) is 9.90 Å². The van der Waals surface area contributed by atoms with Gasteiger partial charge in [0.25, 0.3) is 0 Å². The highest BCUT2D eigenvalue weighted by molar-refractivity contribution is 6.30. The molecule has 1 aromatic heterocycles. The third-order valence-corrected chi connectivity index (χ3v) is 4.44. The number of halogens is 1. The SMILES string of the molecule is CC(C)C(=O)c1nn(CC(C)(C)O)c2cc(-c3cccc(Cl)c3)ccc12. The monoisotopic (exact) mass is 370 g/mol. The Bertz CT molecular complexity index is 968. The summed E-state index contributed by atoms with van der Waals surface area (Å²) in [7, 11) is 0. The molecule has 2 aromatic carbocycles. The molecular weight excluding hydrogens is 348 g/mol. The van der Waals surface area contributed by atoms with Crippen molar-refractivity contribution in [3.05, 3.63) is 53.2 Å². The van der Waals surface area contributed by atoms with E-state index >= 15 is 0 Å². The predicted molar refractivity (Wildman–Crippen MR) is 106 cm³/mol. The van der Waals surface area contributed by atoms with Crippen LogP contribution in [-0.2, 0) is 6.54 Å². The van der Waals surface area contributed by atoms with Crippen LogP contribution >= 0.6 is 11.6 Å². The van der Waals surface area contributed by atoms with Gasteiger partial charge >= 0.3 is 0 Å². The van der Waals surface area contributed by atoms with E-state index in [1.807, 2.05) is 56.3 Å². The Morgan fingerprint density at radius 2 is 1.88 bits per heavy atom. The summed E-state index contributed by atoms with van der Waals surface area (Å²) in [4.78, 5) is 12.6. The van der Waals surface area contributed by atoms with Gasteiger partial charge in [0.1, 0.15) is 5.69 Å². The fourth-order valence-corrected chi connectivity index (χ4v) is 3.15. The first kappa shape index (κ1) is 18.6. The molecule has 0 aliphatic carbocycles. The number of carbonyl (C=O) groups excluding carboxylic acids is 1. The normalized spacial score (nSPS) is 12.1. The van der Waals surface area contributed by atoms with Crippen LogP contribution in [0, 0.1) is 5.92 Å². The molecule has 1 heterocycles. The molecule has 26 heavy (non-hydrogen) atoms. The molecule has 0 fully saturated rings. The minimum Gasteiger partial charge on any atom is -0.389 e. The van der Waals surface area contributed by atoms with Gasteiger partial charge in [-0.05, 0) is 49.2 Å². The molecule has 0 atom stereocenters. The minimum absolute atomic E-state index is 0.00000136. The number of aromatic nitrogens is 2. The summed E-state index contributed by atoms with van der Waals surface area (Å²) in [6, 6.07) is 13.5. The Balaban J connectivity index is 2.20. The van der Waals surface area contributed by atoms with Gasteiger partial charge in [0.15, 0.2) is 5.78 Å². The first-order valence-corrected chi connectivity index (χ1v) is 9.06. The van der Waals surface area contributed by atoms with Crippen LogP contribution < -0.4 is 0 Å². The van der Waals surface area contributed by atoms with Crippen molar-refractivity contribution in [2.75, 3.05) is 0 Å². The molecule has 0 spiro atoms. The third-order valence-electron chi connectivity index (χ3n) is 4.20. The number of hydrogen-bond acceptors (Lipinski definition) is 3. The highest BCUT2D eigenvalue weighted by Crippen LogP contribution is 2.29. The van der Waals surface area contributed by atoms with Crippen LogP contribution in [0.1, 0.15) is 38.2 Å². The lowest BCUT2D eigenvalue weighted by molar-refractivity contribution is 0.0587. The molecule has 0 unspecified atom stereocenters. The van der Waals surface area contributed by atoms with Gasteiger partial charge < -0.3 is 5.11 Å². The van der Waals surface area contributed by atoms with E-state index in [1.165, 1.54) is 0 Å². The number of aliphatic hydroxyl groups is 1. The molecule has 4 nitrogen and oxygen atoms in total.